The molecule has 7 nitrogen and oxygen atoms in total. The molecule has 1 aromatic carbocycles. The third kappa shape index (κ3) is 3.42. The standard InChI is InChI=1S/C20H20ClN5O2S/c1-5-28-16(27)10-25-20-23-22-13(4)26(20)19-17(11(2)12(3)29-19)18(24-25)14-6-8-15(21)9-7-14/h6-9H,5,10H2,1-4H3. The Labute approximate surface area is 177 Å². The number of hydrogen-bond donors (Lipinski definition) is 0. The predicted molar refractivity (Wildman–Crippen MR) is 115 cm³/mol. The Bertz CT molecular complexity index is 1120. The molecule has 1 aliphatic rings. The van der Waals surface area contributed by atoms with Crippen molar-refractivity contribution in [2.24, 2.45) is 5.10 Å². The molecule has 0 unspecified atom stereocenters. The van der Waals surface area contributed by atoms with Crippen LogP contribution in [0.15, 0.2) is 29.4 Å². The van der Waals surface area contributed by atoms with Crippen molar-refractivity contribution >= 4 is 40.6 Å². The highest BCUT2D eigenvalue weighted by Gasteiger charge is 2.31. The molecule has 3 heterocycles. The number of hydrazone groups is 1. The monoisotopic (exact) mass is 429 g/mol. The van der Waals surface area contributed by atoms with Crippen molar-refractivity contribution < 1.29 is 9.53 Å². The zero-order chi connectivity index (χ0) is 20.7. The Kier molecular flexibility index (Phi) is 5.14. The van der Waals surface area contributed by atoms with Crippen LogP contribution < -0.4 is 5.01 Å². The van der Waals surface area contributed by atoms with Crippen molar-refractivity contribution in [3.8, 4) is 5.00 Å². The van der Waals surface area contributed by atoms with E-state index in [1.165, 1.54) is 4.88 Å². The number of rotatable bonds is 4. The molecule has 0 bridgehead atoms. The first kappa shape index (κ1) is 19.6. The van der Waals surface area contributed by atoms with Crippen LogP contribution in [0.1, 0.15) is 34.3 Å². The van der Waals surface area contributed by atoms with Crippen molar-refractivity contribution in [1.82, 2.24) is 14.8 Å². The molecule has 4 rings (SSSR count). The van der Waals surface area contributed by atoms with Crippen LogP contribution >= 0.6 is 22.9 Å². The van der Waals surface area contributed by atoms with E-state index in [1.807, 2.05) is 35.8 Å². The van der Waals surface area contributed by atoms with Gasteiger partial charge in [-0.15, -0.1) is 21.5 Å². The molecule has 0 saturated heterocycles. The lowest BCUT2D eigenvalue weighted by Gasteiger charge is -2.16. The van der Waals surface area contributed by atoms with Crippen LogP contribution in [0.5, 0.6) is 0 Å². The summed E-state index contributed by atoms with van der Waals surface area (Å²) >= 11 is 7.75. The molecule has 2 aromatic heterocycles. The minimum atomic E-state index is -0.378. The minimum absolute atomic E-state index is 0.0595. The van der Waals surface area contributed by atoms with Crippen LogP contribution in [0.3, 0.4) is 0 Å². The molecule has 0 N–H and O–H groups in total. The van der Waals surface area contributed by atoms with E-state index in [0.29, 0.717) is 17.6 Å². The number of carbonyl (C=O) groups is 1. The highest BCUT2D eigenvalue weighted by atomic mass is 35.5. The number of aromatic nitrogens is 3. The van der Waals surface area contributed by atoms with Crippen molar-refractivity contribution in [2.75, 3.05) is 18.2 Å². The van der Waals surface area contributed by atoms with Crippen molar-refractivity contribution in [2.45, 2.75) is 27.7 Å². The van der Waals surface area contributed by atoms with E-state index in [1.54, 1.807) is 23.3 Å². The van der Waals surface area contributed by atoms with Gasteiger partial charge < -0.3 is 4.74 Å². The van der Waals surface area contributed by atoms with Gasteiger partial charge in [-0.3, -0.25) is 9.36 Å². The molecule has 0 aliphatic carbocycles. The number of anilines is 1. The Balaban J connectivity index is 1.96. The maximum atomic E-state index is 12.3. The van der Waals surface area contributed by atoms with Gasteiger partial charge >= 0.3 is 5.97 Å². The number of halogens is 1. The van der Waals surface area contributed by atoms with E-state index in [-0.39, 0.29) is 12.5 Å². The van der Waals surface area contributed by atoms with Crippen molar-refractivity contribution in [3.63, 3.8) is 0 Å². The van der Waals surface area contributed by atoms with E-state index >= 15 is 0 Å². The number of ether oxygens (including phenoxy) is 1. The third-order valence-corrected chi connectivity index (χ3v) is 6.21. The number of thiophene rings is 1. The third-order valence-electron chi connectivity index (χ3n) is 4.77. The number of benzene rings is 1. The average Bonchev–Trinajstić information content (AvgIpc) is 3.15. The first-order valence-electron chi connectivity index (χ1n) is 9.21. The van der Waals surface area contributed by atoms with Gasteiger partial charge in [0.25, 0.3) is 5.95 Å². The number of aryl methyl sites for hydroxylation is 2. The summed E-state index contributed by atoms with van der Waals surface area (Å²) in [5.74, 6) is 0.836. The van der Waals surface area contributed by atoms with Crippen LogP contribution in [0.2, 0.25) is 5.02 Å². The van der Waals surface area contributed by atoms with Gasteiger partial charge in [0.15, 0.2) is 0 Å². The van der Waals surface area contributed by atoms with Gasteiger partial charge in [0.05, 0.1) is 6.61 Å². The van der Waals surface area contributed by atoms with Gasteiger partial charge in [-0.05, 0) is 45.4 Å². The van der Waals surface area contributed by atoms with Crippen LogP contribution in [0.25, 0.3) is 5.00 Å². The largest absolute Gasteiger partial charge is 0.465 e. The van der Waals surface area contributed by atoms with E-state index in [9.17, 15) is 4.79 Å². The first-order valence-corrected chi connectivity index (χ1v) is 10.4. The number of nitrogens with zero attached hydrogens (tertiary/aromatic N) is 5. The zero-order valence-corrected chi connectivity index (χ0v) is 18.1. The number of carbonyl (C=O) groups excluding carboxylic acids is 1. The predicted octanol–water partition coefficient (Wildman–Crippen LogP) is 4.04. The number of esters is 1. The van der Waals surface area contributed by atoms with E-state index in [2.05, 4.69) is 24.0 Å². The van der Waals surface area contributed by atoms with E-state index in [4.69, 9.17) is 21.4 Å². The second-order valence-electron chi connectivity index (χ2n) is 6.66. The van der Waals surface area contributed by atoms with Crippen LogP contribution in [-0.2, 0) is 9.53 Å². The Morgan fingerprint density at radius 3 is 2.59 bits per heavy atom. The molecule has 0 amide bonds. The summed E-state index contributed by atoms with van der Waals surface area (Å²) < 4.78 is 7.09. The minimum Gasteiger partial charge on any atom is -0.465 e. The molecule has 9 heteroatoms. The Morgan fingerprint density at radius 2 is 1.90 bits per heavy atom. The van der Waals surface area contributed by atoms with Gasteiger partial charge in [-0.1, -0.05) is 23.7 Å². The molecule has 3 aromatic rings. The number of fused-ring (bicyclic) bond motifs is 3. The lowest BCUT2D eigenvalue weighted by molar-refractivity contribution is -0.141. The summed E-state index contributed by atoms with van der Waals surface area (Å²) in [7, 11) is 0. The van der Waals surface area contributed by atoms with E-state index in [0.717, 1.165) is 33.2 Å². The second-order valence-corrected chi connectivity index (χ2v) is 8.30. The fraction of sp³-hybridized carbons (Fsp3) is 0.300. The molecule has 0 radical (unpaired) electrons. The van der Waals surface area contributed by atoms with Gasteiger partial charge in [0.1, 0.15) is 23.1 Å². The Morgan fingerprint density at radius 1 is 1.17 bits per heavy atom. The van der Waals surface area contributed by atoms with Crippen molar-refractivity contribution in [1.29, 1.82) is 0 Å². The normalized spacial score (nSPS) is 12.9. The highest BCUT2D eigenvalue weighted by Crippen LogP contribution is 2.38. The summed E-state index contributed by atoms with van der Waals surface area (Å²) in [5, 5.41) is 16.6. The molecule has 0 fully saturated rings. The first-order chi connectivity index (χ1) is 13.9. The van der Waals surface area contributed by atoms with E-state index < -0.39 is 0 Å². The maximum absolute atomic E-state index is 12.3. The molecule has 0 spiro atoms. The topological polar surface area (TPSA) is 72.6 Å². The van der Waals surface area contributed by atoms with Crippen molar-refractivity contribution in [3.05, 3.63) is 56.7 Å². The molecule has 0 atom stereocenters. The van der Waals surface area contributed by atoms with Crippen LogP contribution in [0.4, 0.5) is 5.95 Å². The SMILES string of the molecule is CCOC(=O)CN1N=C(c2ccc(Cl)cc2)c2c(sc(C)c2C)-n2c(C)nnc21. The van der Waals surface area contributed by atoms with Gasteiger partial charge in [-0.25, -0.2) is 5.01 Å². The average molecular weight is 430 g/mol. The zero-order valence-electron chi connectivity index (χ0n) is 16.6. The van der Waals surface area contributed by atoms with Gasteiger partial charge in [-0.2, -0.15) is 5.10 Å². The van der Waals surface area contributed by atoms with Crippen LogP contribution in [-0.4, -0.2) is 39.6 Å². The molecule has 150 valence electrons. The quantitative estimate of drug-likeness (QED) is 0.585. The highest BCUT2D eigenvalue weighted by molar-refractivity contribution is 7.15. The summed E-state index contributed by atoms with van der Waals surface area (Å²) in [4.78, 5) is 13.4. The smallest absolute Gasteiger partial charge is 0.327 e. The summed E-state index contributed by atoms with van der Waals surface area (Å²) in [6.07, 6.45) is 0. The van der Waals surface area contributed by atoms with Gasteiger partial charge in [0.2, 0.25) is 0 Å². The molecule has 29 heavy (non-hydrogen) atoms. The van der Waals surface area contributed by atoms with Crippen LogP contribution in [0, 0.1) is 20.8 Å². The second kappa shape index (κ2) is 7.61. The molecular weight excluding hydrogens is 410 g/mol. The molecule has 1 aliphatic heterocycles. The molecular formula is C20H20ClN5O2S. The molecule has 0 saturated carbocycles. The number of hydrogen-bond acceptors (Lipinski definition) is 7. The summed E-state index contributed by atoms with van der Waals surface area (Å²) in [6, 6.07) is 7.53. The summed E-state index contributed by atoms with van der Waals surface area (Å²) in [5.41, 5.74) is 3.80. The maximum Gasteiger partial charge on any atom is 0.327 e. The fourth-order valence-corrected chi connectivity index (χ4v) is 4.59. The van der Waals surface area contributed by atoms with Gasteiger partial charge in [0, 0.05) is 21.0 Å². The Hall–Kier alpha value is -2.71. The summed E-state index contributed by atoms with van der Waals surface area (Å²) in [6.45, 7) is 8.08. The lowest BCUT2D eigenvalue weighted by Crippen LogP contribution is -2.29. The lowest BCUT2D eigenvalue weighted by atomic mass is 10.00. The fourth-order valence-electron chi connectivity index (χ4n) is 3.26.